The Labute approximate surface area is 76.8 Å². The number of nitrogens with two attached hydrogens (primary N) is 1. The van der Waals surface area contributed by atoms with E-state index in [4.69, 9.17) is 11.0 Å². The molecule has 2 N–H and O–H groups in total. The summed E-state index contributed by atoms with van der Waals surface area (Å²) >= 11 is 0. The standard InChI is InChI=1S/C8H11N5/c1-13(4-2-3-9)8-6-11-7(10)5-12-8/h5-6H,2,4H2,1H3,(H2,10,11). The van der Waals surface area contributed by atoms with Gasteiger partial charge in [-0.2, -0.15) is 5.26 Å². The van der Waals surface area contributed by atoms with Crippen molar-refractivity contribution in [3.63, 3.8) is 0 Å². The van der Waals surface area contributed by atoms with Crippen LogP contribution in [0.1, 0.15) is 6.42 Å². The lowest BCUT2D eigenvalue weighted by atomic mass is 10.4. The van der Waals surface area contributed by atoms with Crippen molar-refractivity contribution in [2.45, 2.75) is 6.42 Å². The van der Waals surface area contributed by atoms with Crippen LogP contribution in [-0.4, -0.2) is 23.6 Å². The van der Waals surface area contributed by atoms with E-state index in [1.54, 1.807) is 6.20 Å². The minimum Gasteiger partial charge on any atom is -0.382 e. The molecule has 68 valence electrons. The third-order valence-corrected chi connectivity index (χ3v) is 1.61. The molecule has 0 atom stereocenters. The SMILES string of the molecule is CN(CCC#N)c1cnc(N)cn1. The zero-order chi connectivity index (χ0) is 9.68. The Hall–Kier alpha value is -1.83. The van der Waals surface area contributed by atoms with E-state index >= 15 is 0 Å². The average molecular weight is 177 g/mol. The van der Waals surface area contributed by atoms with Crippen molar-refractivity contribution in [3.05, 3.63) is 12.4 Å². The molecule has 0 saturated heterocycles. The van der Waals surface area contributed by atoms with Crippen molar-refractivity contribution in [2.24, 2.45) is 0 Å². The van der Waals surface area contributed by atoms with Gasteiger partial charge in [0.15, 0.2) is 0 Å². The van der Waals surface area contributed by atoms with Gasteiger partial charge in [0.2, 0.25) is 0 Å². The first kappa shape index (κ1) is 9.26. The summed E-state index contributed by atoms with van der Waals surface area (Å²) in [4.78, 5) is 9.82. The number of hydrogen-bond acceptors (Lipinski definition) is 5. The second-order valence-electron chi connectivity index (χ2n) is 2.63. The summed E-state index contributed by atoms with van der Waals surface area (Å²) in [5.41, 5.74) is 5.38. The van der Waals surface area contributed by atoms with Crippen molar-refractivity contribution >= 4 is 11.6 Å². The van der Waals surface area contributed by atoms with E-state index in [-0.39, 0.29) is 0 Å². The van der Waals surface area contributed by atoms with Crippen LogP contribution in [0.5, 0.6) is 0 Å². The summed E-state index contributed by atoms with van der Waals surface area (Å²) in [6.45, 7) is 0.648. The fraction of sp³-hybridized carbons (Fsp3) is 0.375. The van der Waals surface area contributed by atoms with Crippen LogP contribution in [-0.2, 0) is 0 Å². The Kier molecular flexibility index (Phi) is 3.03. The van der Waals surface area contributed by atoms with E-state index in [9.17, 15) is 0 Å². The topological polar surface area (TPSA) is 78.8 Å². The zero-order valence-electron chi connectivity index (χ0n) is 7.44. The van der Waals surface area contributed by atoms with E-state index in [0.717, 1.165) is 5.82 Å². The minimum atomic E-state index is 0.400. The lowest BCUT2D eigenvalue weighted by Crippen LogP contribution is -2.19. The molecule has 13 heavy (non-hydrogen) atoms. The minimum absolute atomic E-state index is 0.400. The number of nitriles is 1. The molecule has 0 aliphatic heterocycles. The molecule has 5 nitrogen and oxygen atoms in total. The van der Waals surface area contributed by atoms with E-state index < -0.39 is 0 Å². The van der Waals surface area contributed by atoms with Crippen molar-refractivity contribution < 1.29 is 0 Å². The van der Waals surface area contributed by atoms with E-state index in [0.29, 0.717) is 18.8 Å². The largest absolute Gasteiger partial charge is 0.382 e. The molecule has 1 aromatic rings. The molecule has 0 fully saturated rings. The van der Waals surface area contributed by atoms with Gasteiger partial charge in [-0.25, -0.2) is 9.97 Å². The lowest BCUT2D eigenvalue weighted by molar-refractivity contribution is 0.879. The highest BCUT2D eigenvalue weighted by atomic mass is 15.2. The van der Waals surface area contributed by atoms with Gasteiger partial charge >= 0.3 is 0 Å². The quantitative estimate of drug-likeness (QED) is 0.723. The zero-order valence-corrected chi connectivity index (χ0v) is 7.44. The summed E-state index contributed by atoms with van der Waals surface area (Å²) in [6.07, 6.45) is 3.56. The first-order valence-electron chi connectivity index (χ1n) is 3.89. The molecule has 0 spiro atoms. The Morgan fingerprint density at radius 3 is 2.85 bits per heavy atom. The summed E-state index contributed by atoms with van der Waals surface area (Å²) < 4.78 is 0. The number of nitrogen functional groups attached to an aromatic ring is 1. The van der Waals surface area contributed by atoms with E-state index in [2.05, 4.69) is 16.0 Å². The van der Waals surface area contributed by atoms with Crippen molar-refractivity contribution in [3.8, 4) is 6.07 Å². The molecule has 1 rings (SSSR count). The fourth-order valence-electron chi connectivity index (χ4n) is 0.861. The first-order chi connectivity index (χ1) is 6.24. The molecule has 0 amide bonds. The number of aromatic nitrogens is 2. The van der Waals surface area contributed by atoms with Crippen LogP contribution in [0.3, 0.4) is 0 Å². The lowest BCUT2D eigenvalue weighted by Gasteiger charge is -2.15. The third-order valence-electron chi connectivity index (χ3n) is 1.61. The van der Waals surface area contributed by atoms with Gasteiger partial charge in [0.05, 0.1) is 24.9 Å². The van der Waals surface area contributed by atoms with Crippen LogP contribution < -0.4 is 10.6 Å². The van der Waals surface area contributed by atoms with Gasteiger partial charge in [0.25, 0.3) is 0 Å². The van der Waals surface area contributed by atoms with Crippen LogP contribution in [0.2, 0.25) is 0 Å². The van der Waals surface area contributed by atoms with Crippen LogP contribution >= 0.6 is 0 Å². The number of nitrogens with zero attached hydrogens (tertiary/aromatic N) is 4. The predicted octanol–water partition coefficient (Wildman–Crippen LogP) is 0.409. The number of hydrogen-bond donors (Lipinski definition) is 1. The monoisotopic (exact) mass is 177 g/mol. The fourth-order valence-corrected chi connectivity index (χ4v) is 0.861. The van der Waals surface area contributed by atoms with Gasteiger partial charge in [-0.15, -0.1) is 0 Å². The Balaban J connectivity index is 2.62. The average Bonchev–Trinajstić information content (AvgIpc) is 2.15. The molecule has 5 heteroatoms. The molecule has 0 aliphatic carbocycles. The summed E-state index contributed by atoms with van der Waals surface area (Å²) in [5.74, 6) is 1.13. The molecule has 0 aromatic carbocycles. The highest BCUT2D eigenvalue weighted by Crippen LogP contribution is 2.07. The molecule has 0 saturated carbocycles. The summed E-state index contributed by atoms with van der Waals surface area (Å²) in [5, 5.41) is 8.37. The Morgan fingerprint density at radius 1 is 1.54 bits per heavy atom. The normalized spacial score (nSPS) is 9.23. The molecule has 1 aromatic heterocycles. The third kappa shape index (κ3) is 2.60. The maximum absolute atomic E-state index is 8.37. The molecule has 1 heterocycles. The maximum atomic E-state index is 8.37. The number of rotatable bonds is 3. The Bertz CT molecular complexity index is 299. The van der Waals surface area contributed by atoms with E-state index in [1.165, 1.54) is 6.20 Å². The van der Waals surface area contributed by atoms with Crippen LogP contribution in [0.25, 0.3) is 0 Å². The smallest absolute Gasteiger partial charge is 0.147 e. The second kappa shape index (κ2) is 4.26. The molecule has 0 radical (unpaired) electrons. The maximum Gasteiger partial charge on any atom is 0.147 e. The van der Waals surface area contributed by atoms with Crippen molar-refractivity contribution in [1.82, 2.24) is 9.97 Å². The van der Waals surface area contributed by atoms with Crippen LogP contribution in [0.4, 0.5) is 11.6 Å². The highest BCUT2D eigenvalue weighted by molar-refractivity contribution is 5.38. The molecule has 0 aliphatic rings. The van der Waals surface area contributed by atoms with Gasteiger partial charge in [-0.1, -0.05) is 0 Å². The number of anilines is 2. The predicted molar refractivity (Wildman–Crippen MR) is 49.9 cm³/mol. The van der Waals surface area contributed by atoms with Crippen molar-refractivity contribution in [2.75, 3.05) is 24.2 Å². The van der Waals surface area contributed by atoms with Gasteiger partial charge in [-0.3, -0.25) is 0 Å². The van der Waals surface area contributed by atoms with Crippen LogP contribution in [0, 0.1) is 11.3 Å². The highest BCUT2D eigenvalue weighted by Gasteiger charge is 2.00. The van der Waals surface area contributed by atoms with Gasteiger partial charge in [-0.05, 0) is 0 Å². The van der Waals surface area contributed by atoms with Gasteiger partial charge in [0, 0.05) is 13.6 Å². The molecular formula is C8H11N5. The summed E-state index contributed by atoms with van der Waals surface area (Å²) in [6, 6.07) is 2.07. The van der Waals surface area contributed by atoms with Gasteiger partial charge in [0.1, 0.15) is 11.6 Å². The molecular weight excluding hydrogens is 166 g/mol. The first-order valence-corrected chi connectivity index (χ1v) is 3.89. The van der Waals surface area contributed by atoms with Crippen LogP contribution in [0.15, 0.2) is 12.4 Å². The summed E-state index contributed by atoms with van der Waals surface area (Å²) in [7, 11) is 1.86. The molecule has 0 unspecified atom stereocenters. The van der Waals surface area contributed by atoms with Crippen molar-refractivity contribution in [1.29, 1.82) is 5.26 Å². The van der Waals surface area contributed by atoms with Gasteiger partial charge < -0.3 is 10.6 Å². The second-order valence-corrected chi connectivity index (χ2v) is 2.63. The van der Waals surface area contributed by atoms with E-state index in [1.807, 2.05) is 11.9 Å². The Morgan fingerprint density at radius 2 is 2.31 bits per heavy atom. The molecule has 0 bridgehead atoms.